The van der Waals surface area contributed by atoms with Crippen LogP contribution in [0, 0.1) is 5.92 Å². The molecule has 0 saturated carbocycles. The zero-order chi connectivity index (χ0) is 15.3. The predicted octanol–water partition coefficient (Wildman–Crippen LogP) is 2.02. The highest BCUT2D eigenvalue weighted by molar-refractivity contribution is 6.00. The van der Waals surface area contributed by atoms with Crippen molar-refractivity contribution in [1.29, 1.82) is 0 Å². The summed E-state index contributed by atoms with van der Waals surface area (Å²) in [5.41, 5.74) is 0.331. The maximum absolute atomic E-state index is 12.0. The van der Waals surface area contributed by atoms with E-state index in [9.17, 15) is 19.5 Å². The van der Waals surface area contributed by atoms with Gasteiger partial charge in [0.05, 0.1) is 11.7 Å². The lowest BCUT2D eigenvalue weighted by atomic mass is 9.84. The maximum Gasteiger partial charge on any atom is 0.226 e. The molecule has 5 nitrogen and oxygen atoms in total. The minimum absolute atomic E-state index is 0.0225. The van der Waals surface area contributed by atoms with E-state index in [0.29, 0.717) is 12.0 Å². The maximum atomic E-state index is 12.0. The van der Waals surface area contributed by atoms with E-state index in [2.05, 4.69) is 0 Å². The summed E-state index contributed by atoms with van der Waals surface area (Å²) < 4.78 is 0. The van der Waals surface area contributed by atoms with Crippen molar-refractivity contribution in [2.75, 3.05) is 14.1 Å². The zero-order valence-electron chi connectivity index (χ0n) is 12.4. The van der Waals surface area contributed by atoms with Gasteiger partial charge in [-0.3, -0.25) is 14.4 Å². The first-order valence-corrected chi connectivity index (χ1v) is 7.03. The van der Waals surface area contributed by atoms with Gasteiger partial charge in [0.15, 0.2) is 5.78 Å². The number of aliphatic hydroxyl groups is 1. The van der Waals surface area contributed by atoms with Gasteiger partial charge in [0.25, 0.3) is 0 Å². The largest absolute Gasteiger partial charge is 0.512 e. The summed E-state index contributed by atoms with van der Waals surface area (Å²) >= 11 is 0. The van der Waals surface area contributed by atoms with Gasteiger partial charge in [-0.15, -0.1) is 0 Å². The molecule has 0 aromatic rings. The SMILES string of the molecule is CCCC(=O)CCC1=C(O)CC(C(=O)N(C)C)CC1=O. The lowest BCUT2D eigenvalue weighted by Gasteiger charge is -2.25. The van der Waals surface area contributed by atoms with Crippen LogP contribution in [0.25, 0.3) is 0 Å². The Morgan fingerprint density at radius 1 is 1.25 bits per heavy atom. The van der Waals surface area contributed by atoms with Crippen molar-refractivity contribution in [2.45, 2.75) is 45.4 Å². The molecule has 0 spiro atoms. The topological polar surface area (TPSA) is 74.7 Å². The van der Waals surface area contributed by atoms with Crippen molar-refractivity contribution in [3.05, 3.63) is 11.3 Å². The first-order valence-electron chi connectivity index (χ1n) is 7.03. The summed E-state index contributed by atoms with van der Waals surface area (Å²) in [5, 5.41) is 9.96. The van der Waals surface area contributed by atoms with Crippen LogP contribution in [-0.4, -0.2) is 41.6 Å². The van der Waals surface area contributed by atoms with Gasteiger partial charge in [0, 0.05) is 45.4 Å². The van der Waals surface area contributed by atoms with Crippen molar-refractivity contribution >= 4 is 17.5 Å². The number of aliphatic hydroxyl groups excluding tert-OH is 1. The van der Waals surface area contributed by atoms with Crippen LogP contribution in [0.1, 0.15) is 45.4 Å². The minimum atomic E-state index is -0.479. The molecule has 0 aromatic heterocycles. The molecule has 112 valence electrons. The summed E-state index contributed by atoms with van der Waals surface area (Å²) in [6, 6.07) is 0. The number of carbonyl (C=O) groups excluding carboxylic acids is 3. The second-order valence-corrected chi connectivity index (χ2v) is 5.47. The molecule has 1 N–H and O–H groups in total. The molecule has 1 amide bonds. The molecule has 20 heavy (non-hydrogen) atoms. The number of allylic oxidation sites excluding steroid dienone is 2. The van der Waals surface area contributed by atoms with Crippen LogP contribution >= 0.6 is 0 Å². The van der Waals surface area contributed by atoms with E-state index in [1.807, 2.05) is 6.92 Å². The fraction of sp³-hybridized carbons (Fsp3) is 0.667. The highest BCUT2D eigenvalue weighted by Crippen LogP contribution is 2.29. The molecule has 0 fully saturated rings. The van der Waals surface area contributed by atoms with E-state index in [1.165, 1.54) is 4.90 Å². The number of hydrogen-bond donors (Lipinski definition) is 1. The fourth-order valence-corrected chi connectivity index (χ4v) is 2.43. The lowest BCUT2D eigenvalue weighted by molar-refractivity contribution is -0.136. The Bertz CT molecular complexity index is 437. The van der Waals surface area contributed by atoms with E-state index >= 15 is 0 Å². The van der Waals surface area contributed by atoms with Gasteiger partial charge < -0.3 is 10.0 Å². The van der Waals surface area contributed by atoms with Crippen LogP contribution in [-0.2, 0) is 14.4 Å². The molecule has 1 atom stereocenters. The quantitative estimate of drug-likeness (QED) is 0.808. The lowest BCUT2D eigenvalue weighted by Crippen LogP contribution is -2.34. The molecule has 1 aliphatic rings. The van der Waals surface area contributed by atoms with Crippen LogP contribution in [0.3, 0.4) is 0 Å². The Labute approximate surface area is 119 Å². The number of amides is 1. The van der Waals surface area contributed by atoms with Crippen LogP contribution in [0.2, 0.25) is 0 Å². The number of rotatable bonds is 6. The van der Waals surface area contributed by atoms with Gasteiger partial charge >= 0.3 is 0 Å². The Morgan fingerprint density at radius 3 is 2.40 bits per heavy atom. The third-order valence-electron chi connectivity index (χ3n) is 3.53. The first kappa shape index (κ1) is 16.4. The summed E-state index contributed by atoms with van der Waals surface area (Å²) in [7, 11) is 3.26. The molecule has 0 saturated heterocycles. The normalized spacial score (nSPS) is 19.1. The van der Waals surface area contributed by atoms with Gasteiger partial charge in [-0.1, -0.05) is 6.92 Å². The van der Waals surface area contributed by atoms with Gasteiger partial charge in [-0.25, -0.2) is 0 Å². The zero-order valence-corrected chi connectivity index (χ0v) is 12.4. The fourth-order valence-electron chi connectivity index (χ4n) is 2.43. The summed E-state index contributed by atoms with van der Waals surface area (Å²) in [6.45, 7) is 1.93. The van der Waals surface area contributed by atoms with Gasteiger partial charge in [0.2, 0.25) is 5.91 Å². The standard InChI is InChI=1S/C15H23NO4/c1-4-5-11(17)6-7-12-13(18)8-10(9-14(12)19)15(20)16(2)3/h10,18H,4-9H2,1-3H3. The Hall–Kier alpha value is -1.65. The van der Waals surface area contributed by atoms with Crippen molar-refractivity contribution < 1.29 is 19.5 Å². The predicted molar refractivity (Wildman–Crippen MR) is 75.2 cm³/mol. The van der Waals surface area contributed by atoms with Gasteiger partial charge in [-0.2, -0.15) is 0 Å². The van der Waals surface area contributed by atoms with E-state index in [4.69, 9.17) is 0 Å². The number of hydrogen-bond acceptors (Lipinski definition) is 4. The van der Waals surface area contributed by atoms with E-state index in [1.54, 1.807) is 14.1 Å². The molecule has 0 bridgehead atoms. The third kappa shape index (κ3) is 4.18. The molecule has 0 heterocycles. The molecule has 0 aromatic carbocycles. The molecule has 0 radical (unpaired) electrons. The van der Waals surface area contributed by atoms with E-state index < -0.39 is 5.92 Å². The molecular weight excluding hydrogens is 258 g/mol. The van der Waals surface area contributed by atoms with Crippen LogP contribution < -0.4 is 0 Å². The summed E-state index contributed by atoms with van der Waals surface area (Å²) in [6.07, 6.45) is 2.18. The molecular formula is C15H23NO4. The van der Waals surface area contributed by atoms with Gasteiger partial charge in [0.1, 0.15) is 5.78 Å². The van der Waals surface area contributed by atoms with Crippen molar-refractivity contribution in [3.63, 3.8) is 0 Å². The number of Topliss-reactive ketones (excluding diaryl/α,β-unsaturated/α-hetero) is 2. The summed E-state index contributed by atoms with van der Waals surface area (Å²) in [4.78, 5) is 36.8. The smallest absolute Gasteiger partial charge is 0.226 e. The average molecular weight is 281 g/mol. The van der Waals surface area contributed by atoms with Gasteiger partial charge in [-0.05, 0) is 12.8 Å². The Kier molecular flexibility index (Phi) is 5.92. The second-order valence-electron chi connectivity index (χ2n) is 5.47. The van der Waals surface area contributed by atoms with E-state index in [0.717, 1.165) is 6.42 Å². The van der Waals surface area contributed by atoms with Crippen molar-refractivity contribution in [3.8, 4) is 0 Å². The molecule has 0 aliphatic heterocycles. The average Bonchev–Trinajstić information content (AvgIpc) is 2.36. The van der Waals surface area contributed by atoms with Crippen molar-refractivity contribution in [1.82, 2.24) is 4.90 Å². The van der Waals surface area contributed by atoms with Crippen LogP contribution in [0.4, 0.5) is 0 Å². The van der Waals surface area contributed by atoms with Crippen LogP contribution in [0.15, 0.2) is 11.3 Å². The van der Waals surface area contributed by atoms with E-state index in [-0.39, 0.29) is 48.9 Å². The highest BCUT2D eigenvalue weighted by Gasteiger charge is 2.32. The third-order valence-corrected chi connectivity index (χ3v) is 3.53. The molecule has 5 heteroatoms. The van der Waals surface area contributed by atoms with Crippen LogP contribution in [0.5, 0.6) is 0 Å². The first-order chi connectivity index (χ1) is 9.36. The highest BCUT2D eigenvalue weighted by atomic mass is 16.3. The van der Waals surface area contributed by atoms with Crippen molar-refractivity contribution in [2.24, 2.45) is 5.92 Å². The molecule has 1 unspecified atom stereocenters. The molecule has 1 aliphatic carbocycles. The second kappa shape index (κ2) is 7.22. The molecule has 1 rings (SSSR count). The number of carbonyl (C=O) groups is 3. The Balaban J connectivity index is 2.69. The Morgan fingerprint density at radius 2 is 1.90 bits per heavy atom. The minimum Gasteiger partial charge on any atom is -0.512 e. The monoisotopic (exact) mass is 281 g/mol. The summed E-state index contributed by atoms with van der Waals surface area (Å²) in [5.74, 6) is -0.755. The number of ketones is 2. The number of nitrogens with zero attached hydrogens (tertiary/aromatic N) is 1.